The number of aliphatic hydroxyl groups excluding tert-OH is 3. The second-order valence-corrected chi connectivity index (χ2v) is 11.2. The molecule has 0 radical (unpaired) electrons. The molecule has 0 aliphatic carbocycles. The van der Waals surface area contributed by atoms with Crippen molar-refractivity contribution in [3.05, 3.63) is 0 Å². The summed E-state index contributed by atoms with van der Waals surface area (Å²) in [7, 11) is -1.99. The molecule has 0 bridgehead atoms. The first kappa shape index (κ1) is 14.1. The minimum absolute atomic E-state index is 0.00227. The molecule has 0 spiro atoms. The van der Waals surface area contributed by atoms with Crippen molar-refractivity contribution in [1.82, 2.24) is 0 Å². The Kier molecular flexibility index (Phi) is 4.34. The Bertz CT molecular complexity index is 184. The normalized spacial score (nSPS) is 20.4. The van der Waals surface area contributed by atoms with Gasteiger partial charge in [0, 0.05) is 0 Å². The van der Waals surface area contributed by atoms with Gasteiger partial charge in [0.15, 0.2) is 0 Å². The summed E-state index contributed by atoms with van der Waals surface area (Å²) >= 11 is 0. The monoisotopic (exact) mass is 220 g/mol. The average molecular weight is 220 g/mol. The van der Waals surface area contributed by atoms with Crippen LogP contribution in [0, 0.1) is 0 Å². The molecule has 0 aromatic heterocycles. The summed E-state index contributed by atoms with van der Waals surface area (Å²) in [6.07, 6.45) is -1.91. The fourth-order valence-corrected chi connectivity index (χ4v) is 3.15. The maximum Gasteiger partial charge on any atom is 0.102 e. The third kappa shape index (κ3) is 2.79. The van der Waals surface area contributed by atoms with Crippen LogP contribution in [0.2, 0.25) is 18.1 Å². The van der Waals surface area contributed by atoms with E-state index in [2.05, 4.69) is 20.8 Å². The second kappa shape index (κ2) is 4.31. The van der Waals surface area contributed by atoms with Gasteiger partial charge in [0.1, 0.15) is 6.10 Å². The van der Waals surface area contributed by atoms with Crippen molar-refractivity contribution in [2.75, 3.05) is 0 Å². The minimum atomic E-state index is -1.99. The van der Waals surface area contributed by atoms with Gasteiger partial charge in [-0.3, -0.25) is 0 Å². The van der Waals surface area contributed by atoms with Crippen molar-refractivity contribution >= 4 is 8.07 Å². The summed E-state index contributed by atoms with van der Waals surface area (Å²) in [6.45, 7) is 11.8. The Morgan fingerprint density at radius 1 is 1.00 bits per heavy atom. The number of hydrogen-bond acceptors (Lipinski definition) is 3. The molecule has 86 valence electrons. The van der Waals surface area contributed by atoms with E-state index in [1.165, 1.54) is 6.92 Å². The fourth-order valence-electron chi connectivity index (χ4n) is 1.13. The average Bonchev–Trinajstić information content (AvgIpc) is 1.99. The molecule has 0 unspecified atom stereocenters. The lowest BCUT2D eigenvalue weighted by atomic mass is 10.2. The van der Waals surface area contributed by atoms with E-state index in [1.54, 1.807) is 0 Å². The summed E-state index contributed by atoms with van der Waals surface area (Å²) < 4.78 is 0. The van der Waals surface area contributed by atoms with Crippen LogP contribution in [0.25, 0.3) is 0 Å². The molecule has 14 heavy (non-hydrogen) atoms. The van der Waals surface area contributed by atoms with E-state index in [9.17, 15) is 15.3 Å². The first-order valence-electron chi connectivity index (χ1n) is 5.06. The first-order valence-corrected chi connectivity index (χ1v) is 8.13. The van der Waals surface area contributed by atoms with Gasteiger partial charge in [-0.1, -0.05) is 33.9 Å². The van der Waals surface area contributed by atoms with Gasteiger partial charge in [-0.2, -0.15) is 0 Å². The van der Waals surface area contributed by atoms with Crippen LogP contribution in [0.4, 0.5) is 0 Å². The highest BCUT2D eigenvalue weighted by Crippen LogP contribution is 2.39. The topological polar surface area (TPSA) is 60.7 Å². The second-order valence-electron chi connectivity index (χ2n) is 5.65. The highest BCUT2D eigenvalue weighted by molar-refractivity contribution is 6.81. The summed E-state index contributed by atoms with van der Waals surface area (Å²) in [6, 6.07) is 0. The molecule has 0 aromatic rings. The smallest absolute Gasteiger partial charge is 0.102 e. The van der Waals surface area contributed by atoms with E-state index in [0.717, 1.165) is 0 Å². The molecule has 0 aromatic carbocycles. The largest absolute Gasteiger partial charge is 0.394 e. The molecule has 0 aliphatic rings. The lowest BCUT2D eigenvalue weighted by Gasteiger charge is -2.42. The zero-order chi connectivity index (χ0) is 11.7. The summed E-state index contributed by atoms with van der Waals surface area (Å²) in [5, 5.41) is 28.9. The van der Waals surface area contributed by atoms with Crippen LogP contribution in [0.3, 0.4) is 0 Å². The van der Waals surface area contributed by atoms with Crippen LogP contribution in [0.15, 0.2) is 0 Å². The molecule has 3 nitrogen and oxygen atoms in total. The van der Waals surface area contributed by atoms with Crippen LogP contribution in [-0.2, 0) is 0 Å². The summed E-state index contributed by atoms with van der Waals surface area (Å²) in [4.78, 5) is 0. The van der Waals surface area contributed by atoms with Crippen molar-refractivity contribution < 1.29 is 15.3 Å². The number of hydrogen-bond donors (Lipinski definition) is 3. The number of aliphatic hydroxyl groups is 3. The van der Waals surface area contributed by atoms with Gasteiger partial charge in [0.2, 0.25) is 0 Å². The van der Waals surface area contributed by atoms with E-state index >= 15 is 0 Å². The molecular formula is C10H24O3Si. The fraction of sp³-hybridized carbons (Fsp3) is 1.00. The molecule has 3 N–H and O–H groups in total. The zero-order valence-electron chi connectivity index (χ0n) is 10.1. The van der Waals surface area contributed by atoms with Gasteiger partial charge >= 0.3 is 0 Å². The Morgan fingerprint density at radius 2 is 1.36 bits per heavy atom. The van der Waals surface area contributed by atoms with Crippen molar-refractivity contribution in [2.45, 2.75) is 63.8 Å². The van der Waals surface area contributed by atoms with Gasteiger partial charge in [-0.25, -0.2) is 0 Å². The Balaban J connectivity index is 4.75. The lowest BCUT2D eigenvalue weighted by Crippen LogP contribution is -2.57. The zero-order valence-corrected chi connectivity index (χ0v) is 11.1. The van der Waals surface area contributed by atoms with Gasteiger partial charge in [0.05, 0.1) is 19.9 Å². The van der Waals surface area contributed by atoms with E-state index in [0.29, 0.717) is 0 Å². The van der Waals surface area contributed by atoms with Gasteiger partial charge in [0.25, 0.3) is 0 Å². The standard InChI is InChI=1S/C10H24O3Si/c1-7(11)8(12)9(13)14(5,6)10(2,3)4/h7-9,11-13H,1-6H3/t7-,8+,9+/m0/s1. The molecule has 0 heterocycles. The van der Waals surface area contributed by atoms with Crippen molar-refractivity contribution in [1.29, 1.82) is 0 Å². The van der Waals surface area contributed by atoms with Crippen LogP contribution in [-0.4, -0.2) is 41.3 Å². The van der Waals surface area contributed by atoms with Crippen molar-refractivity contribution in [2.24, 2.45) is 0 Å². The highest BCUT2D eigenvalue weighted by Gasteiger charge is 2.45. The van der Waals surface area contributed by atoms with Crippen LogP contribution in [0.1, 0.15) is 27.7 Å². The number of rotatable bonds is 3. The first-order chi connectivity index (χ1) is 6.01. The van der Waals surface area contributed by atoms with Gasteiger partial charge in [-0.15, -0.1) is 0 Å². The molecule has 0 saturated heterocycles. The van der Waals surface area contributed by atoms with Crippen LogP contribution < -0.4 is 0 Å². The van der Waals surface area contributed by atoms with E-state index in [-0.39, 0.29) is 5.04 Å². The Hall–Kier alpha value is 0.0969. The SMILES string of the molecule is C[C@H](O)[C@@H](O)[C@H](O)[Si](C)(C)C(C)(C)C. The Morgan fingerprint density at radius 3 is 1.57 bits per heavy atom. The molecule has 4 heteroatoms. The predicted octanol–water partition coefficient (Wildman–Crippen LogP) is 1.14. The molecule has 0 amide bonds. The third-order valence-electron chi connectivity index (χ3n) is 3.49. The van der Waals surface area contributed by atoms with E-state index < -0.39 is 26.0 Å². The maximum atomic E-state index is 10.0. The minimum Gasteiger partial charge on any atom is -0.394 e. The lowest BCUT2D eigenvalue weighted by molar-refractivity contribution is -0.0258. The molecule has 0 fully saturated rings. The molecule has 3 atom stereocenters. The van der Waals surface area contributed by atoms with Gasteiger partial charge < -0.3 is 15.3 Å². The quantitative estimate of drug-likeness (QED) is 0.625. The third-order valence-corrected chi connectivity index (χ3v) is 9.18. The maximum absolute atomic E-state index is 10.0. The van der Waals surface area contributed by atoms with Crippen molar-refractivity contribution in [3.63, 3.8) is 0 Å². The molecule has 0 aliphatic heterocycles. The predicted molar refractivity (Wildman–Crippen MR) is 60.9 cm³/mol. The summed E-state index contributed by atoms with van der Waals surface area (Å²) in [5.74, 6) is 0. The van der Waals surface area contributed by atoms with E-state index in [4.69, 9.17) is 0 Å². The molecule has 0 rings (SSSR count). The Labute approximate surface area is 87.8 Å². The molecule has 0 saturated carbocycles. The van der Waals surface area contributed by atoms with Crippen LogP contribution in [0.5, 0.6) is 0 Å². The van der Waals surface area contributed by atoms with Crippen LogP contribution >= 0.6 is 0 Å². The highest BCUT2D eigenvalue weighted by atomic mass is 28.3. The van der Waals surface area contributed by atoms with Gasteiger partial charge in [-0.05, 0) is 12.0 Å². The van der Waals surface area contributed by atoms with Crippen molar-refractivity contribution in [3.8, 4) is 0 Å². The molecular weight excluding hydrogens is 196 g/mol. The summed E-state index contributed by atoms with van der Waals surface area (Å²) in [5.41, 5.74) is -0.789. The van der Waals surface area contributed by atoms with E-state index in [1.807, 2.05) is 13.1 Å².